The number of Topliss-reactive ketones (excluding diaryl/α,β-unsaturated/α-hetero) is 1. The Morgan fingerprint density at radius 3 is 2.78 bits per heavy atom. The summed E-state index contributed by atoms with van der Waals surface area (Å²) in [6.45, 7) is 0.272. The maximum Gasteiger partial charge on any atom is 0.246 e. The summed E-state index contributed by atoms with van der Waals surface area (Å²) in [6, 6.07) is 7.54. The molecule has 1 aromatic carbocycles. The van der Waals surface area contributed by atoms with E-state index in [1.807, 2.05) is 23.6 Å². The van der Waals surface area contributed by atoms with Crippen molar-refractivity contribution in [2.24, 2.45) is 11.8 Å². The summed E-state index contributed by atoms with van der Waals surface area (Å²) in [5.74, 6) is -2.35. The summed E-state index contributed by atoms with van der Waals surface area (Å²) < 4.78 is 11.5. The molecule has 1 aromatic heterocycles. The van der Waals surface area contributed by atoms with E-state index >= 15 is 0 Å². The number of nitrogens with one attached hydrogen (secondary N) is 1. The zero-order valence-corrected chi connectivity index (χ0v) is 20.7. The van der Waals surface area contributed by atoms with Gasteiger partial charge in [0, 0.05) is 17.0 Å². The molecule has 36 heavy (non-hydrogen) atoms. The highest BCUT2D eigenvalue weighted by molar-refractivity contribution is 7.09. The third kappa shape index (κ3) is 3.48. The Labute approximate surface area is 212 Å². The van der Waals surface area contributed by atoms with Crippen LogP contribution in [0.1, 0.15) is 40.9 Å². The van der Waals surface area contributed by atoms with Gasteiger partial charge in [-0.25, -0.2) is 0 Å². The minimum atomic E-state index is -1.22. The first-order valence-corrected chi connectivity index (χ1v) is 13.2. The number of rotatable bonds is 7. The zero-order valence-electron chi connectivity index (χ0n) is 19.9. The normalized spacial score (nSPS) is 30.7. The van der Waals surface area contributed by atoms with Gasteiger partial charge in [0.05, 0.1) is 37.2 Å². The van der Waals surface area contributed by atoms with Crippen molar-refractivity contribution >= 4 is 28.9 Å². The molecule has 0 radical (unpaired) electrons. The van der Waals surface area contributed by atoms with Gasteiger partial charge < -0.3 is 24.8 Å². The number of hydrogen-bond donors (Lipinski definition) is 2. The summed E-state index contributed by atoms with van der Waals surface area (Å²) in [5.41, 5.74) is -1.11. The Balaban J connectivity index is 1.37. The number of phenolic OH excluding ortho intramolecular Hbond substituents is 1. The molecule has 1 aliphatic carbocycles. The molecule has 4 heterocycles. The molecule has 2 N–H and O–H groups in total. The minimum absolute atomic E-state index is 0.0860. The van der Waals surface area contributed by atoms with E-state index in [4.69, 9.17) is 9.47 Å². The second kappa shape index (κ2) is 8.74. The van der Waals surface area contributed by atoms with Crippen LogP contribution in [0.25, 0.3) is 0 Å². The number of thiophene rings is 1. The molecule has 2 saturated heterocycles. The van der Waals surface area contributed by atoms with Crippen LogP contribution in [-0.2, 0) is 20.9 Å². The number of ketones is 1. The lowest BCUT2D eigenvalue weighted by atomic mass is 9.72. The Kier molecular flexibility index (Phi) is 5.64. The molecule has 1 spiro atoms. The van der Waals surface area contributed by atoms with Crippen molar-refractivity contribution in [3.8, 4) is 11.5 Å². The molecule has 0 unspecified atom stereocenters. The maximum absolute atomic E-state index is 14.0. The lowest BCUT2D eigenvalue weighted by Crippen LogP contribution is -2.55. The largest absolute Gasteiger partial charge is 0.507 e. The van der Waals surface area contributed by atoms with Gasteiger partial charge >= 0.3 is 0 Å². The van der Waals surface area contributed by atoms with Crippen LogP contribution in [0.4, 0.5) is 0 Å². The lowest BCUT2D eigenvalue weighted by molar-refractivity contribution is -0.140. The molecule has 1 saturated carbocycles. The van der Waals surface area contributed by atoms with E-state index in [9.17, 15) is 19.5 Å². The van der Waals surface area contributed by atoms with Gasteiger partial charge in [-0.1, -0.05) is 31.1 Å². The highest BCUT2D eigenvalue weighted by Crippen LogP contribution is 2.56. The van der Waals surface area contributed by atoms with Crippen molar-refractivity contribution in [3.05, 3.63) is 58.3 Å². The molecule has 188 valence electrons. The number of fused-ring (bicyclic) bond motifs is 1. The molecule has 2 aromatic rings. The molecule has 5 atom stereocenters. The smallest absolute Gasteiger partial charge is 0.246 e. The van der Waals surface area contributed by atoms with Gasteiger partial charge in [0.2, 0.25) is 11.8 Å². The molecule has 6 rings (SSSR count). The summed E-state index contributed by atoms with van der Waals surface area (Å²) in [5, 5.41) is 15.6. The summed E-state index contributed by atoms with van der Waals surface area (Å²) in [4.78, 5) is 44.0. The topological polar surface area (TPSA) is 105 Å². The number of carbonyl (C=O) groups is 3. The number of hydrogen-bond acceptors (Lipinski definition) is 7. The lowest BCUT2D eigenvalue weighted by Gasteiger charge is -2.32. The van der Waals surface area contributed by atoms with Gasteiger partial charge in [-0.05, 0) is 36.4 Å². The minimum Gasteiger partial charge on any atom is -0.507 e. The van der Waals surface area contributed by atoms with Crippen LogP contribution in [0.5, 0.6) is 11.5 Å². The fourth-order valence-corrected chi connectivity index (χ4v) is 7.09. The SMILES string of the molecule is COc1ccc(C(=O)[C@H]2[C@@H]3C=C[C@]4(O3)[C@@H]2C(=O)N(Cc2cccs2)[C@@H]4C(=O)NC2CCCC2)c(O)c1. The van der Waals surface area contributed by atoms with Crippen LogP contribution < -0.4 is 10.1 Å². The number of ether oxygens (including phenoxy) is 2. The number of phenols is 1. The first kappa shape index (κ1) is 23.2. The molecule has 3 aliphatic heterocycles. The molecule has 2 amide bonds. The van der Waals surface area contributed by atoms with Crippen molar-refractivity contribution < 1.29 is 29.0 Å². The van der Waals surface area contributed by atoms with Gasteiger partial charge in [-0.3, -0.25) is 14.4 Å². The van der Waals surface area contributed by atoms with Gasteiger partial charge in [0.25, 0.3) is 0 Å². The first-order chi connectivity index (χ1) is 17.4. The van der Waals surface area contributed by atoms with Crippen molar-refractivity contribution in [1.29, 1.82) is 0 Å². The Hall–Kier alpha value is -3.17. The highest BCUT2D eigenvalue weighted by Gasteiger charge is 2.72. The number of nitrogens with zero attached hydrogens (tertiary/aromatic N) is 1. The van der Waals surface area contributed by atoms with Crippen molar-refractivity contribution in [1.82, 2.24) is 10.2 Å². The van der Waals surface area contributed by atoms with Crippen molar-refractivity contribution in [3.63, 3.8) is 0 Å². The highest BCUT2D eigenvalue weighted by atomic mass is 32.1. The van der Waals surface area contributed by atoms with Crippen LogP contribution in [0, 0.1) is 11.8 Å². The maximum atomic E-state index is 14.0. The predicted octanol–water partition coefficient (Wildman–Crippen LogP) is 3.05. The number of carbonyl (C=O) groups excluding carboxylic acids is 3. The molecule has 4 aliphatic rings. The molecule has 8 nitrogen and oxygen atoms in total. The molecular weight excluding hydrogens is 480 g/mol. The first-order valence-electron chi connectivity index (χ1n) is 12.3. The molecular formula is C27H28N2O6S. The predicted molar refractivity (Wildman–Crippen MR) is 132 cm³/mol. The fraction of sp³-hybridized carbons (Fsp3) is 0.444. The number of benzene rings is 1. The van der Waals surface area contributed by atoms with E-state index in [2.05, 4.69) is 5.32 Å². The van der Waals surface area contributed by atoms with Gasteiger partial charge in [-0.15, -0.1) is 11.3 Å². The quantitative estimate of drug-likeness (QED) is 0.440. The molecule has 9 heteroatoms. The van der Waals surface area contributed by atoms with Crippen molar-refractivity contribution in [2.45, 2.75) is 56.0 Å². The second-order valence-electron chi connectivity index (χ2n) is 9.98. The van der Waals surface area contributed by atoms with E-state index in [0.29, 0.717) is 5.75 Å². The Morgan fingerprint density at radius 1 is 1.28 bits per heavy atom. The second-order valence-corrected chi connectivity index (χ2v) is 11.0. The average molecular weight is 509 g/mol. The van der Waals surface area contributed by atoms with Crippen LogP contribution in [0.2, 0.25) is 0 Å². The zero-order chi connectivity index (χ0) is 25.0. The number of aromatic hydroxyl groups is 1. The van der Waals surface area contributed by atoms with Crippen LogP contribution in [-0.4, -0.2) is 58.5 Å². The van der Waals surface area contributed by atoms with E-state index in [0.717, 1.165) is 30.6 Å². The summed E-state index contributed by atoms with van der Waals surface area (Å²) in [7, 11) is 1.48. The molecule has 2 bridgehead atoms. The van der Waals surface area contributed by atoms with E-state index in [1.165, 1.54) is 30.6 Å². The summed E-state index contributed by atoms with van der Waals surface area (Å²) in [6.07, 6.45) is 6.94. The standard InChI is InChI=1S/C27H28N2O6S/c1-34-16-8-9-18(19(30)13-16)23(31)21-20-10-11-27(35-20)22(21)26(33)29(14-17-7-4-12-36-17)24(27)25(32)28-15-5-2-3-6-15/h4,7-13,15,20-22,24,30H,2-3,5-6,14H2,1H3,(H,28,32)/t20-,21-,22-,24+,27-/m0/s1. The van der Waals surface area contributed by atoms with E-state index < -0.39 is 29.6 Å². The number of likely N-dealkylation sites (tertiary alicyclic amines) is 1. The summed E-state index contributed by atoms with van der Waals surface area (Å²) >= 11 is 1.52. The van der Waals surface area contributed by atoms with Crippen LogP contribution in [0.15, 0.2) is 47.9 Å². The Bertz CT molecular complexity index is 1240. The third-order valence-corrected chi connectivity index (χ3v) is 8.86. The van der Waals surface area contributed by atoms with E-state index in [-0.39, 0.29) is 41.5 Å². The monoisotopic (exact) mass is 508 g/mol. The number of amides is 2. The van der Waals surface area contributed by atoms with Crippen molar-refractivity contribution in [2.75, 3.05) is 7.11 Å². The average Bonchev–Trinajstić information content (AvgIpc) is 3.69. The van der Waals surface area contributed by atoms with Gasteiger partial charge in [0.15, 0.2) is 5.78 Å². The third-order valence-electron chi connectivity index (χ3n) is 8.00. The van der Waals surface area contributed by atoms with E-state index in [1.54, 1.807) is 17.0 Å². The van der Waals surface area contributed by atoms with Gasteiger partial charge in [0.1, 0.15) is 23.1 Å². The molecule has 3 fully saturated rings. The Morgan fingerprint density at radius 2 is 2.08 bits per heavy atom. The van der Waals surface area contributed by atoms with Crippen LogP contribution >= 0.6 is 11.3 Å². The fourth-order valence-electron chi connectivity index (χ4n) is 6.38. The van der Waals surface area contributed by atoms with Crippen LogP contribution in [0.3, 0.4) is 0 Å². The number of methoxy groups -OCH3 is 1. The van der Waals surface area contributed by atoms with Gasteiger partial charge in [-0.2, -0.15) is 0 Å².